The van der Waals surface area contributed by atoms with E-state index in [-0.39, 0.29) is 4.90 Å². The van der Waals surface area contributed by atoms with E-state index in [9.17, 15) is 8.42 Å². The molecule has 8 nitrogen and oxygen atoms in total. The Kier molecular flexibility index (Phi) is 5.50. The number of anilines is 1. The molecular weight excluding hydrogens is 392 g/mol. The lowest BCUT2D eigenvalue weighted by Crippen LogP contribution is -2.13. The molecule has 0 fully saturated rings. The van der Waals surface area contributed by atoms with Crippen molar-refractivity contribution in [1.29, 1.82) is 0 Å². The molecule has 4 rings (SSSR count). The zero-order valence-corrected chi connectivity index (χ0v) is 16.9. The quantitative estimate of drug-likeness (QED) is 0.570. The predicted octanol–water partition coefficient (Wildman–Crippen LogP) is 2.72. The average molecular weight is 414 g/mol. The second kappa shape index (κ2) is 8.22. The highest BCUT2D eigenvalue weighted by Gasteiger charge is 2.19. The van der Waals surface area contributed by atoms with Gasteiger partial charge in [0, 0.05) is 31.3 Å². The molecule has 9 heteroatoms. The van der Waals surface area contributed by atoms with Crippen molar-refractivity contribution in [1.82, 2.24) is 14.8 Å². The number of hydrogen-bond donors (Lipinski definition) is 1. The predicted molar refractivity (Wildman–Crippen MR) is 108 cm³/mol. The van der Waals surface area contributed by atoms with Gasteiger partial charge in [0.1, 0.15) is 18.2 Å². The van der Waals surface area contributed by atoms with Gasteiger partial charge in [0.05, 0.1) is 11.5 Å². The third-order valence-electron chi connectivity index (χ3n) is 4.67. The van der Waals surface area contributed by atoms with E-state index >= 15 is 0 Å². The molecule has 0 amide bonds. The summed E-state index contributed by atoms with van der Waals surface area (Å²) in [4.78, 5) is 0.158. The first-order valence-corrected chi connectivity index (χ1v) is 10.8. The molecule has 152 valence electrons. The van der Waals surface area contributed by atoms with E-state index in [0.29, 0.717) is 24.7 Å². The molecule has 3 aromatic rings. The molecule has 1 N–H and O–H groups in total. The third kappa shape index (κ3) is 4.25. The summed E-state index contributed by atoms with van der Waals surface area (Å²) in [5.74, 6) is 2.32. The molecule has 1 aliphatic heterocycles. The summed E-state index contributed by atoms with van der Waals surface area (Å²) in [7, 11) is -2.13. The molecule has 0 atom stereocenters. The zero-order valence-electron chi connectivity index (χ0n) is 16.0. The van der Waals surface area contributed by atoms with Crippen LogP contribution in [0.5, 0.6) is 5.75 Å². The SMILES string of the molecule is COCCOc1ccc(S(=O)(=O)Nc2cccc(-c3nnc4n3CCC4)c2)cc1. The molecule has 0 spiro atoms. The highest BCUT2D eigenvalue weighted by atomic mass is 32.2. The summed E-state index contributed by atoms with van der Waals surface area (Å²) in [5.41, 5.74) is 1.30. The molecule has 1 aromatic heterocycles. The minimum absolute atomic E-state index is 0.158. The number of fused-ring (bicyclic) bond motifs is 1. The number of aromatic nitrogens is 3. The molecule has 0 unspecified atom stereocenters. The van der Waals surface area contributed by atoms with Gasteiger partial charge in [-0.3, -0.25) is 4.72 Å². The lowest BCUT2D eigenvalue weighted by molar-refractivity contribution is 0.146. The van der Waals surface area contributed by atoms with Crippen LogP contribution in [0.15, 0.2) is 53.4 Å². The Morgan fingerprint density at radius 1 is 1.10 bits per heavy atom. The van der Waals surface area contributed by atoms with Crippen molar-refractivity contribution >= 4 is 15.7 Å². The number of ether oxygens (including phenoxy) is 2. The minimum Gasteiger partial charge on any atom is -0.491 e. The Bertz CT molecular complexity index is 1090. The van der Waals surface area contributed by atoms with Crippen molar-refractivity contribution in [2.75, 3.05) is 25.0 Å². The van der Waals surface area contributed by atoms with Gasteiger partial charge in [-0.1, -0.05) is 12.1 Å². The van der Waals surface area contributed by atoms with E-state index in [1.165, 1.54) is 12.1 Å². The molecule has 0 radical (unpaired) electrons. The molecule has 2 aromatic carbocycles. The van der Waals surface area contributed by atoms with Crippen LogP contribution in [-0.2, 0) is 27.7 Å². The first kappa shape index (κ1) is 19.4. The smallest absolute Gasteiger partial charge is 0.261 e. The third-order valence-corrected chi connectivity index (χ3v) is 6.07. The van der Waals surface area contributed by atoms with Gasteiger partial charge in [-0.2, -0.15) is 0 Å². The van der Waals surface area contributed by atoms with E-state index in [2.05, 4.69) is 19.5 Å². The van der Waals surface area contributed by atoms with Crippen LogP contribution >= 0.6 is 0 Å². The first-order chi connectivity index (χ1) is 14.1. The molecule has 29 heavy (non-hydrogen) atoms. The first-order valence-electron chi connectivity index (χ1n) is 9.34. The van der Waals surface area contributed by atoms with Crippen LogP contribution < -0.4 is 9.46 Å². The van der Waals surface area contributed by atoms with Crippen LogP contribution in [0, 0.1) is 0 Å². The van der Waals surface area contributed by atoms with E-state index in [1.54, 1.807) is 37.4 Å². The highest BCUT2D eigenvalue weighted by molar-refractivity contribution is 7.92. The number of rotatable bonds is 8. The monoisotopic (exact) mass is 414 g/mol. The van der Waals surface area contributed by atoms with Gasteiger partial charge in [-0.15, -0.1) is 10.2 Å². The maximum absolute atomic E-state index is 12.8. The van der Waals surface area contributed by atoms with Gasteiger partial charge >= 0.3 is 0 Å². The largest absolute Gasteiger partial charge is 0.491 e. The number of methoxy groups -OCH3 is 1. The highest BCUT2D eigenvalue weighted by Crippen LogP contribution is 2.26. The van der Waals surface area contributed by atoms with Crippen LogP contribution in [0.1, 0.15) is 12.2 Å². The van der Waals surface area contributed by atoms with E-state index < -0.39 is 10.0 Å². The summed E-state index contributed by atoms with van der Waals surface area (Å²) in [6.45, 7) is 1.75. The second-order valence-corrected chi connectivity index (χ2v) is 8.38. The topological polar surface area (TPSA) is 95.3 Å². The lowest BCUT2D eigenvalue weighted by Gasteiger charge is -2.11. The van der Waals surface area contributed by atoms with Crippen molar-refractivity contribution in [3.63, 3.8) is 0 Å². The maximum atomic E-state index is 12.8. The van der Waals surface area contributed by atoms with Gasteiger partial charge in [-0.05, 0) is 42.8 Å². The number of benzene rings is 2. The molecule has 0 aliphatic carbocycles. The summed E-state index contributed by atoms with van der Waals surface area (Å²) < 4.78 is 40.6. The Hall–Kier alpha value is -2.91. The van der Waals surface area contributed by atoms with Gasteiger partial charge in [0.25, 0.3) is 10.0 Å². The van der Waals surface area contributed by atoms with Gasteiger partial charge < -0.3 is 14.0 Å². The molecule has 1 aliphatic rings. The summed E-state index contributed by atoms with van der Waals surface area (Å²) in [5, 5.41) is 8.47. The number of sulfonamides is 1. The fourth-order valence-corrected chi connectivity index (χ4v) is 4.31. The Morgan fingerprint density at radius 2 is 1.93 bits per heavy atom. The van der Waals surface area contributed by atoms with Crippen molar-refractivity contribution in [3.05, 3.63) is 54.4 Å². The number of hydrogen-bond acceptors (Lipinski definition) is 6. The zero-order chi connectivity index (χ0) is 20.3. The number of nitrogens with one attached hydrogen (secondary N) is 1. The summed E-state index contributed by atoms with van der Waals surface area (Å²) >= 11 is 0. The molecule has 2 heterocycles. The fourth-order valence-electron chi connectivity index (χ4n) is 3.26. The number of nitrogens with zero attached hydrogens (tertiary/aromatic N) is 3. The van der Waals surface area contributed by atoms with E-state index in [4.69, 9.17) is 9.47 Å². The standard InChI is InChI=1S/C20H22N4O4S/c1-27-12-13-28-17-7-9-18(10-8-17)29(25,26)23-16-5-2-4-15(14-16)20-22-21-19-6-3-11-24(19)20/h2,4-5,7-10,14,23H,3,6,11-13H2,1H3. The van der Waals surface area contributed by atoms with E-state index in [1.807, 2.05) is 6.07 Å². The van der Waals surface area contributed by atoms with Gasteiger partial charge in [0.15, 0.2) is 5.82 Å². The van der Waals surface area contributed by atoms with Gasteiger partial charge in [0.2, 0.25) is 0 Å². The van der Waals surface area contributed by atoms with Crippen LogP contribution in [0.3, 0.4) is 0 Å². The Morgan fingerprint density at radius 3 is 2.72 bits per heavy atom. The van der Waals surface area contributed by atoms with Crippen molar-refractivity contribution in [2.24, 2.45) is 0 Å². The number of aryl methyl sites for hydroxylation is 1. The van der Waals surface area contributed by atoms with Crippen LogP contribution in [-0.4, -0.2) is 43.5 Å². The van der Waals surface area contributed by atoms with Crippen LogP contribution in [0.4, 0.5) is 5.69 Å². The lowest BCUT2D eigenvalue weighted by atomic mass is 10.2. The molecule has 0 saturated carbocycles. The van der Waals surface area contributed by atoms with Crippen LogP contribution in [0.2, 0.25) is 0 Å². The Balaban J connectivity index is 1.51. The van der Waals surface area contributed by atoms with Crippen molar-refractivity contribution < 1.29 is 17.9 Å². The second-order valence-electron chi connectivity index (χ2n) is 6.69. The fraction of sp³-hybridized carbons (Fsp3) is 0.300. The normalized spacial score (nSPS) is 13.3. The molecular formula is C20H22N4O4S. The Labute approximate surface area is 169 Å². The summed E-state index contributed by atoms with van der Waals surface area (Å²) in [6, 6.07) is 13.5. The molecule has 0 bridgehead atoms. The minimum atomic E-state index is -3.73. The van der Waals surface area contributed by atoms with Gasteiger partial charge in [-0.25, -0.2) is 8.42 Å². The maximum Gasteiger partial charge on any atom is 0.261 e. The average Bonchev–Trinajstić information content (AvgIpc) is 3.32. The van der Waals surface area contributed by atoms with Crippen molar-refractivity contribution in [2.45, 2.75) is 24.3 Å². The van der Waals surface area contributed by atoms with E-state index in [0.717, 1.165) is 36.6 Å². The van der Waals surface area contributed by atoms with Crippen molar-refractivity contribution in [3.8, 4) is 17.1 Å². The summed E-state index contributed by atoms with van der Waals surface area (Å²) in [6.07, 6.45) is 1.97. The van der Waals surface area contributed by atoms with Crippen LogP contribution in [0.25, 0.3) is 11.4 Å². The molecule has 0 saturated heterocycles.